The largest absolute Gasteiger partial charge is 0.461 e. The van der Waals surface area contributed by atoms with Crippen LogP contribution in [-0.2, 0) is 16.1 Å². The average Bonchev–Trinajstić information content (AvgIpc) is 3.20. The lowest BCUT2D eigenvalue weighted by Crippen LogP contribution is -2.65. The van der Waals surface area contributed by atoms with Gasteiger partial charge in [0.1, 0.15) is 11.2 Å². The van der Waals surface area contributed by atoms with Crippen molar-refractivity contribution in [3.8, 4) is 0 Å². The van der Waals surface area contributed by atoms with Crippen LogP contribution < -0.4 is 10.2 Å². The Hall–Kier alpha value is -3.16. The first-order valence-corrected chi connectivity index (χ1v) is 11.3. The molecule has 0 radical (unpaired) electrons. The molecule has 0 saturated heterocycles. The van der Waals surface area contributed by atoms with Crippen molar-refractivity contribution < 1.29 is 19.1 Å². The van der Waals surface area contributed by atoms with Crippen molar-refractivity contribution in [2.75, 3.05) is 11.5 Å². The van der Waals surface area contributed by atoms with E-state index in [0.29, 0.717) is 5.69 Å². The van der Waals surface area contributed by atoms with E-state index in [1.807, 2.05) is 31.2 Å². The molecule has 2 aliphatic rings. The van der Waals surface area contributed by atoms with E-state index in [1.165, 1.54) is 22.1 Å². The number of aryl methyl sites for hydroxylation is 1. The van der Waals surface area contributed by atoms with Gasteiger partial charge >= 0.3 is 5.97 Å². The van der Waals surface area contributed by atoms with E-state index >= 15 is 0 Å². The number of amides is 2. The number of hydrogen-bond donors (Lipinski definition) is 1. The second-order valence-electron chi connectivity index (χ2n) is 8.85. The number of aromatic nitrogens is 2. The first-order chi connectivity index (χ1) is 15.3. The predicted octanol–water partition coefficient (Wildman–Crippen LogP) is 3.24. The molecule has 0 bridgehead atoms. The van der Waals surface area contributed by atoms with Crippen LogP contribution in [0.3, 0.4) is 0 Å². The number of fused-ring (bicyclic) bond motifs is 1. The SMILES string of the molecule is CCOC(=O)c1cc2n(n1)C[C@](C)(C(=O)NC1CCCCC1)N(c1ccc(C)cc1)C2=O. The molecule has 2 heterocycles. The first kappa shape index (κ1) is 22.0. The van der Waals surface area contributed by atoms with Gasteiger partial charge in [-0.1, -0.05) is 37.0 Å². The first-order valence-electron chi connectivity index (χ1n) is 11.3. The molecule has 32 heavy (non-hydrogen) atoms. The summed E-state index contributed by atoms with van der Waals surface area (Å²) in [6, 6.07) is 9.07. The normalized spacial score (nSPS) is 21.2. The van der Waals surface area contributed by atoms with Gasteiger partial charge in [0, 0.05) is 17.8 Å². The van der Waals surface area contributed by atoms with E-state index < -0.39 is 11.5 Å². The van der Waals surface area contributed by atoms with Crippen LogP contribution in [0.5, 0.6) is 0 Å². The van der Waals surface area contributed by atoms with E-state index in [0.717, 1.165) is 31.2 Å². The average molecular weight is 439 g/mol. The van der Waals surface area contributed by atoms with Crippen LogP contribution in [0.2, 0.25) is 0 Å². The minimum atomic E-state index is -1.20. The topological polar surface area (TPSA) is 93.5 Å². The maximum absolute atomic E-state index is 13.6. The second-order valence-corrected chi connectivity index (χ2v) is 8.85. The molecule has 0 unspecified atom stereocenters. The fourth-order valence-electron chi connectivity index (χ4n) is 4.57. The summed E-state index contributed by atoms with van der Waals surface area (Å²) in [5, 5.41) is 7.48. The molecule has 0 spiro atoms. The number of nitrogens with zero attached hydrogens (tertiary/aromatic N) is 3. The molecule has 8 nitrogen and oxygen atoms in total. The van der Waals surface area contributed by atoms with Crippen molar-refractivity contribution in [3.05, 3.63) is 47.3 Å². The quantitative estimate of drug-likeness (QED) is 0.724. The molecule has 2 amide bonds. The Bertz CT molecular complexity index is 1020. The lowest BCUT2D eigenvalue weighted by molar-refractivity contribution is -0.127. The summed E-state index contributed by atoms with van der Waals surface area (Å²) in [6.45, 7) is 5.80. The number of nitrogens with one attached hydrogen (secondary N) is 1. The van der Waals surface area contributed by atoms with Crippen LogP contribution in [0.4, 0.5) is 5.69 Å². The number of carbonyl (C=O) groups excluding carboxylic acids is 3. The van der Waals surface area contributed by atoms with Crippen LogP contribution in [0.1, 0.15) is 72.5 Å². The molecule has 8 heteroatoms. The van der Waals surface area contributed by atoms with E-state index in [-0.39, 0.29) is 42.4 Å². The molecular formula is C24H30N4O4. The smallest absolute Gasteiger partial charge is 0.358 e. The molecule has 1 N–H and O–H groups in total. The van der Waals surface area contributed by atoms with Crippen molar-refractivity contribution in [2.45, 2.75) is 71.0 Å². The zero-order valence-electron chi connectivity index (χ0n) is 18.9. The van der Waals surface area contributed by atoms with Gasteiger partial charge in [-0.05, 0) is 45.7 Å². The summed E-state index contributed by atoms with van der Waals surface area (Å²) in [4.78, 5) is 41.0. The lowest BCUT2D eigenvalue weighted by atomic mass is 9.91. The van der Waals surface area contributed by atoms with Gasteiger partial charge < -0.3 is 10.1 Å². The van der Waals surface area contributed by atoms with E-state index in [4.69, 9.17) is 4.74 Å². The second kappa shape index (κ2) is 8.76. The number of rotatable bonds is 5. The Morgan fingerprint density at radius 1 is 1.19 bits per heavy atom. The van der Waals surface area contributed by atoms with Crippen molar-refractivity contribution in [2.24, 2.45) is 0 Å². The number of hydrogen-bond acceptors (Lipinski definition) is 5. The minimum Gasteiger partial charge on any atom is -0.461 e. The molecule has 2 aromatic rings. The van der Waals surface area contributed by atoms with E-state index in [2.05, 4.69) is 10.4 Å². The highest BCUT2D eigenvalue weighted by Crippen LogP contribution is 2.33. The predicted molar refractivity (Wildman–Crippen MR) is 120 cm³/mol. The fraction of sp³-hybridized carbons (Fsp3) is 0.500. The van der Waals surface area contributed by atoms with Crippen LogP contribution in [0.25, 0.3) is 0 Å². The molecular weight excluding hydrogens is 408 g/mol. The maximum atomic E-state index is 13.6. The number of anilines is 1. The third-order valence-electron chi connectivity index (χ3n) is 6.36. The molecule has 1 saturated carbocycles. The molecule has 1 atom stereocenters. The van der Waals surface area contributed by atoms with Gasteiger partial charge in [-0.3, -0.25) is 19.2 Å². The molecule has 170 valence electrons. The van der Waals surface area contributed by atoms with E-state index in [1.54, 1.807) is 13.8 Å². The number of esters is 1. The molecule has 1 aromatic heterocycles. The fourth-order valence-corrected chi connectivity index (χ4v) is 4.57. The highest BCUT2D eigenvalue weighted by atomic mass is 16.5. The molecule has 1 aromatic carbocycles. The van der Waals surface area contributed by atoms with Gasteiger partial charge in [-0.15, -0.1) is 0 Å². The highest BCUT2D eigenvalue weighted by molar-refractivity contribution is 6.12. The Morgan fingerprint density at radius 3 is 2.53 bits per heavy atom. The summed E-state index contributed by atoms with van der Waals surface area (Å²) < 4.78 is 6.50. The summed E-state index contributed by atoms with van der Waals surface area (Å²) in [5.41, 5.74) is 0.815. The summed E-state index contributed by atoms with van der Waals surface area (Å²) >= 11 is 0. The van der Waals surface area contributed by atoms with E-state index in [9.17, 15) is 14.4 Å². The van der Waals surface area contributed by atoms with Gasteiger partial charge in [0.05, 0.1) is 13.2 Å². The Labute approximate surface area is 187 Å². The van der Waals surface area contributed by atoms with Crippen molar-refractivity contribution in [1.82, 2.24) is 15.1 Å². The third-order valence-corrected chi connectivity index (χ3v) is 6.36. The number of carbonyl (C=O) groups is 3. The monoisotopic (exact) mass is 438 g/mol. The van der Waals surface area contributed by atoms with Crippen LogP contribution in [0, 0.1) is 6.92 Å². The summed E-state index contributed by atoms with van der Waals surface area (Å²) in [7, 11) is 0. The van der Waals surface area contributed by atoms with Gasteiger partial charge in [0.15, 0.2) is 5.69 Å². The molecule has 1 aliphatic heterocycles. The van der Waals surface area contributed by atoms with Crippen LogP contribution in [-0.4, -0.2) is 45.8 Å². The van der Waals surface area contributed by atoms with Gasteiger partial charge in [0.25, 0.3) is 5.91 Å². The van der Waals surface area contributed by atoms with Gasteiger partial charge in [-0.2, -0.15) is 5.10 Å². The maximum Gasteiger partial charge on any atom is 0.358 e. The van der Waals surface area contributed by atoms with Gasteiger partial charge in [-0.25, -0.2) is 4.79 Å². The molecule has 1 fully saturated rings. The minimum absolute atomic E-state index is 0.0657. The summed E-state index contributed by atoms with van der Waals surface area (Å²) in [5.74, 6) is -1.17. The third kappa shape index (κ3) is 4.01. The van der Waals surface area contributed by atoms with Crippen LogP contribution >= 0.6 is 0 Å². The Kier molecular flexibility index (Phi) is 6.04. The summed E-state index contributed by atoms with van der Waals surface area (Å²) in [6.07, 6.45) is 5.26. The molecule has 1 aliphatic carbocycles. The van der Waals surface area contributed by atoms with Crippen LogP contribution in [0.15, 0.2) is 30.3 Å². The zero-order chi connectivity index (χ0) is 22.9. The van der Waals surface area contributed by atoms with Crippen molar-refractivity contribution in [3.63, 3.8) is 0 Å². The Morgan fingerprint density at radius 2 is 1.88 bits per heavy atom. The van der Waals surface area contributed by atoms with Gasteiger partial charge in [0.2, 0.25) is 5.91 Å². The lowest BCUT2D eigenvalue weighted by Gasteiger charge is -2.44. The zero-order valence-corrected chi connectivity index (χ0v) is 18.9. The van der Waals surface area contributed by atoms with Crippen molar-refractivity contribution >= 4 is 23.5 Å². The molecule has 4 rings (SSSR count). The number of ether oxygens (including phenoxy) is 1. The Balaban J connectivity index is 1.73. The van der Waals surface area contributed by atoms with Crippen molar-refractivity contribution in [1.29, 1.82) is 0 Å². The number of benzene rings is 1. The highest BCUT2D eigenvalue weighted by Gasteiger charge is 2.49. The standard InChI is InChI=1S/C24H30N4O4/c1-4-32-22(30)19-14-20-21(29)28(18-12-10-16(2)11-13-18)24(3,15-27(20)26-19)23(31)25-17-8-6-5-7-9-17/h10-14,17H,4-9,15H2,1-3H3,(H,25,31)/t24-/m1/s1.